The smallest absolute Gasteiger partial charge is 0.337 e. The minimum Gasteiger partial charge on any atom is -0.478 e. The van der Waals surface area contributed by atoms with Gasteiger partial charge in [0, 0.05) is 0 Å². The van der Waals surface area contributed by atoms with Gasteiger partial charge >= 0.3 is 17.9 Å². The molecule has 0 amide bonds. The molecule has 0 saturated carbocycles. The van der Waals surface area contributed by atoms with Crippen LogP contribution in [0.15, 0.2) is 42.5 Å². The first-order valence-electron chi connectivity index (χ1n) is 6.59. The van der Waals surface area contributed by atoms with Crippen LogP contribution in [0.4, 0.5) is 0 Å². The van der Waals surface area contributed by atoms with Crippen molar-refractivity contribution < 1.29 is 29.7 Å². The molecule has 6 heteroatoms. The Balaban J connectivity index is 2.43. The number of rotatable bonds is 3. The van der Waals surface area contributed by atoms with Crippen molar-refractivity contribution in [1.29, 1.82) is 0 Å². The highest BCUT2D eigenvalue weighted by Gasteiger charge is 2.19. The summed E-state index contributed by atoms with van der Waals surface area (Å²) in [5.74, 6) is -3.77. The zero-order valence-electron chi connectivity index (χ0n) is 11.6. The summed E-state index contributed by atoms with van der Waals surface area (Å²) < 4.78 is 0. The number of carbonyl (C=O) groups is 3. The zero-order valence-corrected chi connectivity index (χ0v) is 11.6. The third-order valence-electron chi connectivity index (χ3n) is 3.67. The Hall–Kier alpha value is -3.41. The second-order valence-corrected chi connectivity index (χ2v) is 5.04. The molecule has 6 nitrogen and oxygen atoms in total. The van der Waals surface area contributed by atoms with Crippen molar-refractivity contribution in [3.8, 4) is 0 Å². The van der Waals surface area contributed by atoms with E-state index in [1.807, 2.05) is 0 Å². The molecule has 3 rings (SSSR count). The third-order valence-corrected chi connectivity index (χ3v) is 3.67. The molecule has 0 heterocycles. The van der Waals surface area contributed by atoms with Gasteiger partial charge in [-0.2, -0.15) is 0 Å². The van der Waals surface area contributed by atoms with Crippen molar-refractivity contribution >= 4 is 39.5 Å². The molecule has 3 aromatic rings. The second-order valence-electron chi connectivity index (χ2n) is 5.04. The molecular weight excluding hydrogens is 300 g/mol. The van der Waals surface area contributed by atoms with Crippen LogP contribution in [0.2, 0.25) is 0 Å². The van der Waals surface area contributed by atoms with E-state index in [0.717, 1.165) is 5.39 Å². The van der Waals surface area contributed by atoms with E-state index in [1.54, 1.807) is 12.1 Å². The van der Waals surface area contributed by atoms with Gasteiger partial charge in [0.15, 0.2) is 0 Å². The van der Waals surface area contributed by atoms with Crippen molar-refractivity contribution in [1.82, 2.24) is 0 Å². The van der Waals surface area contributed by atoms with Crippen molar-refractivity contribution in [2.45, 2.75) is 0 Å². The largest absolute Gasteiger partial charge is 0.478 e. The minimum absolute atomic E-state index is 0.0723. The monoisotopic (exact) mass is 310 g/mol. The first kappa shape index (κ1) is 14.5. The molecular formula is C17H10O6. The van der Waals surface area contributed by atoms with Gasteiger partial charge in [-0.1, -0.05) is 12.1 Å². The van der Waals surface area contributed by atoms with Gasteiger partial charge in [0.05, 0.1) is 16.7 Å². The summed E-state index contributed by atoms with van der Waals surface area (Å²) >= 11 is 0. The van der Waals surface area contributed by atoms with Crippen LogP contribution in [0.25, 0.3) is 21.5 Å². The topological polar surface area (TPSA) is 112 Å². The van der Waals surface area contributed by atoms with Crippen LogP contribution in [0.1, 0.15) is 31.1 Å². The number of hydrogen-bond donors (Lipinski definition) is 3. The van der Waals surface area contributed by atoms with E-state index in [-0.39, 0.29) is 22.1 Å². The number of carboxylic acid groups (broad SMARTS) is 3. The maximum absolute atomic E-state index is 11.5. The number of fused-ring (bicyclic) bond motifs is 2. The summed E-state index contributed by atoms with van der Waals surface area (Å²) in [6.07, 6.45) is 0. The van der Waals surface area contributed by atoms with E-state index >= 15 is 0 Å². The molecule has 0 aromatic heterocycles. The first-order valence-corrected chi connectivity index (χ1v) is 6.59. The van der Waals surface area contributed by atoms with Crippen molar-refractivity contribution in [2.24, 2.45) is 0 Å². The molecule has 114 valence electrons. The number of hydrogen-bond acceptors (Lipinski definition) is 3. The summed E-state index contributed by atoms with van der Waals surface area (Å²) in [6, 6.07) is 10.5. The van der Waals surface area contributed by atoms with E-state index in [2.05, 4.69) is 0 Å². The van der Waals surface area contributed by atoms with Crippen molar-refractivity contribution in [3.63, 3.8) is 0 Å². The number of aromatic carboxylic acids is 3. The second kappa shape index (κ2) is 5.10. The van der Waals surface area contributed by atoms with Gasteiger partial charge in [0.25, 0.3) is 0 Å². The highest BCUT2D eigenvalue weighted by Crippen LogP contribution is 2.28. The van der Waals surface area contributed by atoms with Crippen LogP contribution in [0, 0.1) is 0 Å². The Morgan fingerprint density at radius 3 is 1.96 bits per heavy atom. The summed E-state index contributed by atoms with van der Waals surface area (Å²) in [5, 5.41) is 29.7. The molecule has 0 spiro atoms. The lowest BCUT2D eigenvalue weighted by Gasteiger charge is -2.09. The van der Waals surface area contributed by atoms with E-state index < -0.39 is 17.9 Å². The number of carboxylic acids is 3. The summed E-state index contributed by atoms with van der Waals surface area (Å²) in [5.41, 5.74) is -0.542. The maximum Gasteiger partial charge on any atom is 0.337 e. The van der Waals surface area contributed by atoms with E-state index in [9.17, 15) is 19.5 Å². The fourth-order valence-corrected chi connectivity index (χ4v) is 2.61. The average molecular weight is 310 g/mol. The number of benzene rings is 3. The highest BCUT2D eigenvalue weighted by molar-refractivity contribution is 6.14. The van der Waals surface area contributed by atoms with E-state index in [0.29, 0.717) is 10.8 Å². The molecule has 0 atom stereocenters. The summed E-state index contributed by atoms with van der Waals surface area (Å²) in [6.45, 7) is 0. The minimum atomic E-state index is -1.35. The average Bonchev–Trinajstić information content (AvgIpc) is 2.50. The lowest BCUT2D eigenvalue weighted by atomic mass is 9.95. The standard InChI is InChI=1S/C17H10O6/c18-15(19)10-2-1-8-5-9-3-4-12(16(20)21)14(17(22)23)13(9)7-11(8)6-10/h1-7H,(H,18,19)(H,20,21)(H,22,23). The van der Waals surface area contributed by atoms with Crippen LogP contribution in [-0.4, -0.2) is 33.2 Å². The van der Waals surface area contributed by atoms with Crippen molar-refractivity contribution in [2.75, 3.05) is 0 Å². The van der Waals surface area contributed by atoms with Crippen LogP contribution in [0.3, 0.4) is 0 Å². The third kappa shape index (κ3) is 2.36. The lowest BCUT2D eigenvalue weighted by Crippen LogP contribution is -2.08. The molecule has 3 N–H and O–H groups in total. The Bertz CT molecular complexity index is 1000. The molecule has 0 aliphatic carbocycles. The fourth-order valence-electron chi connectivity index (χ4n) is 2.61. The van der Waals surface area contributed by atoms with Crippen LogP contribution in [-0.2, 0) is 0 Å². The molecule has 0 fully saturated rings. The van der Waals surface area contributed by atoms with Crippen LogP contribution >= 0.6 is 0 Å². The molecule has 0 bridgehead atoms. The van der Waals surface area contributed by atoms with Gasteiger partial charge in [0.1, 0.15) is 0 Å². The molecule has 0 aliphatic rings. The van der Waals surface area contributed by atoms with Gasteiger partial charge in [-0.05, 0) is 51.9 Å². The normalized spacial score (nSPS) is 10.8. The van der Waals surface area contributed by atoms with Gasteiger partial charge in [-0.15, -0.1) is 0 Å². The fraction of sp³-hybridized carbons (Fsp3) is 0. The van der Waals surface area contributed by atoms with Gasteiger partial charge in [0.2, 0.25) is 0 Å². The quantitative estimate of drug-likeness (QED) is 0.641. The molecule has 0 saturated heterocycles. The Labute approximate surface area is 129 Å². The van der Waals surface area contributed by atoms with Crippen LogP contribution in [0.5, 0.6) is 0 Å². The highest BCUT2D eigenvalue weighted by atomic mass is 16.4. The molecule has 0 unspecified atom stereocenters. The summed E-state index contributed by atoms with van der Waals surface area (Å²) in [7, 11) is 0. The molecule has 0 radical (unpaired) electrons. The first-order chi connectivity index (χ1) is 10.9. The molecule has 3 aromatic carbocycles. The van der Waals surface area contributed by atoms with Gasteiger partial charge < -0.3 is 15.3 Å². The molecule has 23 heavy (non-hydrogen) atoms. The maximum atomic E-state index is 11.5. The Morgan fingerprint density at radius 1 is 0.652 bits per heavy atom. The lowest BCUT2D eigenvalue weighted by molar-refractivity contribution is 0.0653. The predicted octanol–water partition coefficient (Wildman–Crippen LogP) is 3.09. The SMILES string of the molecule is O=C(O)c1ccc2cc3ccc(C(=O)O)c(C(=O)O)c3cc2c1. The Kier molecular flexibility index (Phi) is 3.22. The zero-order chi connectivity index (χ0) is 16.7. The Morgan fingerprint density at radius 2 is 1.35 bits per heavy atom. The molecule has 0 aliphatic heterocycles. The van der Waals surface area contributed by atoms with Crippen molar-refractivity contribution in [3.05, 3.63) is 59.2 Å². The van der Waals surface area contributed by atoms with E-state index in [4.69, 9.17) is 10.2 Å². The van der Waals surface area contributed by atoms with E-state index in [1.165, 1.54) is 30.3 Å². The van der Waals surface area contributed by atoms with Crippen LogP contribution < -0.4 is 0 Å². The summed E-state index contributed by atoms with van der Waals surface area (Å²) in [4.78, 5) is 33.8. The van der Waals surface area contributed by atoms with Gasteiger partial charge in [-0.25, -0.2) is 14.4 Å². The van der Waals surface area contributed by atoms with Gasteiger partial charge in [-0.3, -0.25) is 0 Å². The predicted molar refractivity (Wildman–Crippen MR) is 82.3 cm³/mol.